The number of carbonyl (C=O) groups is 1. The van der Waals surface area contributed by atoms with Crippen LogP contribution >= 0.6 is 11.8 Å². The van der Waals surface area contributed by atoms with Crippen molar-refractivity contribution in [2.24, 2.45) is 0 Å². The van der Waals surface area contributed by atoms with E-state index in [4.69, 9.17) is 0 Å². The summed E-state index contributed by atoms with van der Waals surface area (Å²) in [6, 6.07) is -0.251. The predicted molar refractivity (Wildman–Crippen MR) is 71.8 cm³/mol. The SMILES string of the molecule is CS(=O)(=O)NC1CCCN(C(=O)C2CSCN2)C1. The van der Waals surface area contributed by atoms with Gasteiger partial charge in [-0.05, 0) is 12.8 Å². The molecule has 0 saturated carbocycles. The second-order valence-electron chi connectivity index (χ2n) is 4.79. The third kappa shape index (κ3) is 3.84. The fraction of sp³-hybridized carbons (Fsp3) is 0.900. The summed E-state index contributed by atoms with van der Waals surface area (Å²) in [6.07, 6.45) is 2.80. The fourth-order valence-electron chi connectivity index (χ4n) is 2.35. The van der Waals surface area contributed by atoms with Gasteiger partial charge in [0.25, 0.3) is 0 Å². The summed E-state index contributed by atoms with van der Waals surface area (Å²) in [7, 11) is -3.20. The number of hydrogen-bond donors (Lipinski definition) is 2. The molecule has 6 nitrogen and oxygen atoms in total. The zero-order valence-corrected chi connectivity index (χ0v) is 12.0. The molecule has 0 spiro atoms. The van der Waals surface area contributed by atoms with E-state index in [0.717, 1.165) is 37.3 Å². The summed E-state index contributed by atoms with van der Waals surface area (Å²) in [5.74, 6) is 1.72. The second-order valence-corrected chi connectivity index (χ2v) is 7.60. The molecule has 104 valence electrons. The van der Waals surface area contributed by atoms with Gasteiger partial charge in [-0.1, -0.05) is 0 Å². The average Bonchev–Trinajstić information content (AvgIpc) is 2.79. The van der Waals surface area contributed by atoms with Crippen LogP contribution in [0.3, 0.4) is 0 Å². The van der Waals surface area contributed by atoms with Crippen molar-refractivity contribution < 1.29 is 13.2 Å². The molecule has 0 radical (unpaired) electrons. The minimum atomic E-state index is -3.20. The molecule has 0 aromatic heterocycles. The lowest BCUT2D eigenvalue weighted by Gasteiger charge is -2.34. The Hall–Kier alpha value is -0.310. The van der Waals surface area contributed by atoms with Gasteiger partial charge in [-0.3, -0.25) is 10.1 Å². The largest absolute Gasteiger partial charge is 0.340 e. The number of hydrogen-bond acceptors (Lipinski definition) is 5. The van der Waals surface area contributed by atoms with Crippen molar-refractivity contribution in [1.29, 1.82) is 0 Å². The second kappa shape index (κ2) is 5.77. The Kier molecular flexibility index (Phi) is 4.52. The van der Waals surface area contributed by atoms with E-state index in [0.29, 0.717) is 6.54 Å². The van der Waals surface area contributed by atoms with Gasteiger partial charge in [0, 0.05) is 30.8 Å². The van der Waals surface area contributed by atoms with Gasteiger partial charge in [-0.2, -0.15) is 0 Å². The van der Waals surface area contributed by atoms with Crippen LogP contribution in [-0.4, -0.2) is 62.3 Å². The molecule has 2 heterocycles. The highest BCUT2D eigenvalue weighted by atomic mass is 32.2. The number of piperidine rings is 1. The van der Waals surface area contributed by atoms with E-state index in [2.05, 4.69) is 10.0 Å². The van der Waals surface area contributed by atoms with Crippen molar-refractivity contribution in [3.63, 3.8) is 0 Å². The van der Waals surface area contributed by atoms with E-state index in [1.165, 1.54) is 0 Å². The predicted octanol–water partition coefficient (Wildman–Crippen LogP) is -0.811. The van der Waals surface area contributed by atoms with Gasteiger partial charge in [-0.15, -0.1) is 11.8 Å². The van der Waals surface area contributed by atoms with Gasteiger partial charge in [0.15, 0.2) is 0 Å². The average molecular weight is 293 g/mol. The maximum Gasteiger partial charge on any atom is 0.240 e. The number of nitrogens with one attached hydrogen (secondary N) is 2. The molecular weight excluding hydrogens is 274 g/mol. The molecule has 2 fully saturated rings. The highest BCUT2D eigenvalue weighted by Gasteiger charge is 2.31. The Morgan fingerprint density at radius 1 is 1.50 bits per heavy atom. The van der Waals surface area contributed by atoms with Crippen LogP contribution in [0.5, 0.6) is 0 Å². The van der Waals surface area contributed by atoms with Gasteiger partial charge in [0.2, 0.25) is 15.9 Å². The standard InChI is InChI=1S/C10H19N3O3S2/c1-18(15,16)12-8-3-2-4-13(5-8)10(14)9-6-17-7-11-9/h8-9,11-12H,2-7H2,1H3. The lowest BCUT2D eigenvalue weighted by Crippen LogP contribution is -2.53. The van der Waals surface area contributed by atoms with E-state index >= 15 is 0 Å². The molecule has 2 atom stereocenters. The summed E-state index contributed by atoms with van der Waals surface area (Å²) in [4.78, 5) is 14.0. The van der Waals surface area contributed by atoms with Crippen molar-refractivity contribution in [3.05, 3.63) is 0 Å². The van der Waals surface area contributed by atoms with Gasteiger partial charge in [0.05, 0.1) is 12.3 Å². The molecule has 2 unspecified atom stereocenters. The summed E-state index contributed by atoms with van der Waals surface area (Å²) >= 11 is 1.72. The topological polar surface area (TPSA) is 78.5 Å². The molecule has 0 bridgehead atoms. The molecule has 2 saturated heterocycles. The maximum atomic E-state index is 12.2. The highest BCUT2D eigenvalue weighted by molar-refractivity contribution is 7.99. The van der Waals surface area contributed by atoms with Crippen LogP contribution in [0.2, 0.25) is 0 Å². The van der Waals surface area contributed by atoms with Crippen LogP contribution in [0.1, 0.15) is 12.8 Å². The first-order valence-corrected chi connectivity index (χ1v) is 9.07. The van der Waals surface area contributed by atoms with Gasteiger partial charge >= 0.3 is 0 Å². The summed E-state index contributed by atoms with van der Waals surface area (Å²) < 4.78 is 25.0. The van der Waals surface area contributed by atoms with Gasteiger partial charge in [0.1, 0.15) is 0 Å². The van der Waals surface area contributed by atoms with Crippen LogP contribution in [-0.2, 0) is 14.8 Å². The van der Waals surface area contributed by atoms with Crippen molar-refractivity contribution >= 4 is 27.7 Å². The number of thioether (sulfide) groups is 1. The van der Waals surface area contributed by atoms with E-state index < -0.39 is 10.0 Å². The van der Waals surface area contributed by atoms with Crippen LogP contribution < -0.4 is 10.0 Å². The molecule has 2 aliphatic heterocycles. The lowest BCUT2D eigenvalue weighted by molar-refractivity contribution is -0.133. The molecule has 2 aliphatic rings. The first-order valence-electron chi connectivity index (χ1n) is 6.03. The molecule has 1 amide bonds. The Balaban J connectivity index is 1.91. The minimum Gasteiger partial charge on any atom is -0.340 e. The molecule has 8 heteroatoms. The smallest absolute Gasteiger partial charge is 0.240 e. The number of nitrogens with zero attached hydrogens (tertiary/aromatic N) is 1. The van der Waals surface area contributed by atoms with E-state index in [1.54, 1.807) is 16.7 Å². The molecule has 0 aromatic carbocycles. The Labute approximate surface area is 112 Å². The first-order chi connectivity index (χ1) is 8.46. The number of rotatable bonds is 3. The Bertz CT molecular complexity index is 407. The fourth-order valence-corrected chi connectivity index (χ4v) is 4.08. The van der Waals surface area contributed by atoms with Crippen LogP contribution in [0.4, 0.5) is 0 Å². The Morgan fingerprint density at radius 2 is 2.28 bits per heavy atom. The van der Waals surface area contributed by atoms with Crippen LogP contribution in [0, 0.1) is 0 Å². The van der Waals surface area contributed by atoms with E-state index in [-0.39, 0.29) is 18.0 Å². The van der Waals surface area contributed by atoms with Crippen molar-refractivity contribution in [2.75, 3.05) is 31.0 Å². The molecule has 2 N–H and O–H groups in total. The van der Waals surface area contributed by atoms with Gasteiger partial charge in [-0.25, -0.2) is 13.1 Å². The molecule has 2 rings (SSSR count). The number of carbonyl (C=O) groups excluding carboxylic acids is 1. The van der Waals surface area contributed by atoms with Crippen LogP contribution in [0.15, 0.2) is 0 Å². The number of likely N-dealkylation sites (tertiary alicyclic amines) is 1. The Morgan fingerprint density at radius 3 is 2.89 bits per heavy atom. The first kappa shape index (κ1) is 14.1. The quantitative estimate of drug-likeness (QED) is 0.711. The third-order valence-electron chi connectivity index (χ3n) is 3.13. The van der Waals surface area contributed by atoms with E-state index in [1.807, 2.05) is 0 Å². The number of sulfonamides is 1. The van der Waals surface area contributed by atoms with Crippen molar-refractivity contribution in [3.8, 4) is 0 Å². The highest BCUT2D eigenvalue weighted by Crippen LogP contribution is 2.16. The van der Waals surface area contributed by atoms with Gasteiger partial charge < -0.3 is 4.90 Å². The van der Waals surface area contributed by atoms with E-state index in [9.17, 15) is 13.2 Å². The summed E-state index contributed by atoms with van der Waals surface area (Å²) in [6.45, 7) is 1.21. The minimum absolute atomic E-state index is 0.0972. The summed E-state index contributed by atoms with van der Waals surface area (Å²) in [5.41, 5.74) is 0. The molecular formula is C10H19N3O3S2. The van der Waals surface area contributed by atoms with Crippen LogP contribution in [0.25, 0.3) is 0 Å². The molecule has 0 aromatic rings. The van der Waals surface area contributed by atoms with Crippen molar-refractivity contribution in [2.45, 2.75) is 24.9 Å². The number of amides is 1. The molecule has 0 aliphatic carbocycles. The lowest BCUT2D eigenvalue weighted by atomic mass is 10.1. The molecule has 18 heavy (non-hydrogen) atoms. The monoisotopic (exact) mass is 293 g/mol. The summed E-state index contributed by atoms with van der Waals surface area (Å²) in [5, 5.41) is 3.15. The zero-order valence-electron chi connectivity index (χ0n) is 10.4. The third-order valence-corrected chi connectivity index (χ3v) is 4.83. The normalized spacial score (nSPS) is 29.5. The van der Waals surface area contributed by atoms with Crippen molar-refractivity contribution in [1.82, 2.24) is 14.9 Å². The zero-order chi connectivity index (χ0) is 13.2. The maximum absolute atomic E-state index is 12.2.